The molecule has 1 aromatic carbocycles. The minimum atomic E-state index is -1.02. The van der Waals surface area contributed by atoms with Gasteiger partial charge in [0.25, 0.3) is 0 Å². The quantitative estimate of drug-likeness (QED) is 0.808. The first-order valence-corrected chi connectivity index (χ1v) is 6.84. The molecule has 2 heteroatoms. The van der Waals surface area contributed by atoms with Crippen molar-refractivity contribution in [1.29, 1.82) is 0 Å². The topological polar surface area (TPSA) is 40.5 Å². The van der Waals surface area contributed by atoms with Gasteiger partial charge in [0.05, 0.1) is 0 Å². The van der Waals surface area contributed by atoms with E-state index < -0.39 is 12.2 Å². The van der Waals surface area contributed by atoms with Crippen LogP contribution in [-0.2, 0) is 0 Å². The summed E-state index contributed by atoms with van der Waals surface area (Å²) in [5, 5.41) is 20.0. The van der Waals surface area contributed by atoms with E-state index in [1.807, 2.05) is 0 Å². The highest BCUT2D eigenvalue weighted by Crippen LogP contribution is 2.23. The second-order valence-electron chi connectivity index (χ2n) is 4.85. The molecule has 0 fully saturated rings. The third-order valence-corrected chi connectivity index (χ3v) is 3.40. The van der Waals surface area contributed by atoms with E-state index in [0.717, 1.165) is 24.8 Å². The number of hydrogen-bond acceptors (Lipinski definition) is 2. The first-order chi connectivity index (χ1) is 9.72. The molecule has 2 N–H and O–H groups in total. The average molecular weight is 266 g/mol. The Labute approximate surface area is 120 Å². The Hall–Kier alpha value is -2.00. The van der Waals surface area contributed by atoms with E-state index in [-0.39, 0.29) is 0 Å². The molecule has 2 rings (SSSR count). The van der Waals surface area contributed by atoms with E-state index in [0.29, 0.717) is 11.1 Å². The summed E-state index contributed by atoms with van der Waals surface area (Å²) >= 11 is 0. The van der Waals surface area contributed by atoms with Crippen LogP contribution in [0.15, 0.2) is 35.9 Å². The van der Waals surface area contributed by atoms with Gasteiger partial charge < -0.3 is 10.2 Å². The van der Waals surface area contributed by atoms with Crippen LogP contribution in [0, 0.1) is 24.2 Å². The standard InChI is InChI=1S/C18H18O2/c1-2-17(19)15-10-6-7-11-16(15)18(20)13-12-14-8-4-3-5-9-14/h1,6-8,10-11,17-20H,3-5,9H2. The van der Waals surface area contributed by atoms with Crippen LogP contribution in [0.5, 0.6) is 0 Å². The van der Waals surface area contributed by atoms with Crippen LogP contribution in [0.1, 0.15) is 49.0 Å². The van der Waals surface area contributed by atoms with E-state index in [9.17, 15) is 10.2 Å². The van der Waals surface area contributed by atoms with Gasteiger partial charge in [-0.3, -0.25) is 0 Å². The fourth-order valence-corrected chi connectivity index (χ4v) is 2.29. The summed E-state index contributed by atoms with van der Waals surface area (Å²) in [6.07, 6.45) is 9.83. The van der Waals surface area contributed by atoms with Crippen molar-refractivity contribution in [1.82, 2.24) is 0 Å². The Morgan fingerprint density at radius 2 is 1.75 bits per heavy atom. The molecule has 102 valence electrons. The third-order valence-electron chi connectivity index (χ3n) is 3.40. The highest BCUT2D eigenvalue weighted by atomic mass is 16.3. The monoisotopic (exact) mass is 266 g/mol. The Kier molecular flexibility index (Phi) is 5.02. The van der Waals surface area contributed by atoms with E-state index in [4.69, 9.17) is 6.42 Å². The molecule has 0 spiro atoms. The molecule has 0 saturated heterocycles. The highest BCUT2D eigenvalue weighted by molar-refractivity contribution is 5.40. The lowest BCUT2D eigenvalue weighted by molar-refractivity contribution is 0.215. The zero-order valence-corrected chi connectivity index (χ0v) is 11.3. The van der Waals surface area contributed by atoms with E-state index in [2.05, 4.69) is 23.8 Å². The normalized spacial score (nSPS) is 17.1. The number of terminal acetylenes is 1. The van der Waals surface area contributed by atoms with Crippen molar-refractivity contribution in [2.24, 2.45) is 0 Å². The van der Waals surface area contributed by atoms with E-state index in [1.165, 1.54) is 6.42 Å². The van der Waals surface area contributed by atoms with Gasteiger partial charge in [-0.2, -0.15) is 0 Å². The van der Waals surface area contributed by atoms with Crippen molar-refractivity contribution in [2.45, 2.75) is 37.9 Å². The second kappa shape index (κ2) is 6.96. The molecule has 2 unspecified atom stereocenters. The molecule has 2 nitrogen and oxygen atoms in total. The second-order valence-corrected chi connectivity index (χ2v) is 4.85. The maximum absolute atomic E-state index is 10.2. The fraction of sp³-hybridized carbons (Fsp3) is 0.333. The van der Waals surface area contributed by atoms with Gasteiger partial charge in [-0.1, -0.05) is 48.1 Å². The number of aliphatic hydroxyl groups is 2. The van der Waals surface area contributed by atoms with Crippen LogP contribution < -0.4 is 0 Å². The summed E-state index contributed by atoms with van der Waals surface area (Å²) < 4.78 is 0. The van der Waals surface area contributed by atoms with Crippen molar-refractivity contribution in [3.63, 3.8) is 0 Å². The zero-order chi connectivity index (χ0) is 14.4. The molecular formula is C18H18O2. The van der Waals surface area contributed by atoms with Crippen molar-refractivity contribution in [3.8, 4) is 24.2 Å². The third kappa shape index (κ3) is 3.52. The van der Waals surface area contributed by atoms with Gasteiger partial charge in [0.1, 0.15) is 12.2 Å². The fourth-order valence-electron chi connectivity index (χ4n) is 2.29. The van der Waals surface area contributed by atoms with E-state index in [1.54, 1.807) is 24.3 Å². The molecule has 1 aliphatic carbocycles. The van der Waals surface area contributed by atoms with Gasteiger partial charge in [-0.15, -0.1) is 6.42 Å². The molecule has 2 atom stereocenters. The first kappa shape index (κ1) is 14.4. The summed E-state index contributed by atoms with van der Waals surface area (Å²) in [7, 11) is 0. The van der Waals surface area contributed by atoms with Crippen molar-refractivity contribution < 1.29 is 10.2 Å². The SMILES string of the molecule is C#CC(O)c1ccccc1C(O)C#CC1=CCCCC1. The molecule has 20 heavy (non-hydrogen) atoms. The first-order valence-electron chi connectivity index (χ1n) is 6.84. The number of rotatable bonds is 2. The van der Waals surface area contributed by atoms with Gasteiger partial charge in [-0.05, 0) is 42.4 Å². The molecule has 0 radical (unpaired) electrons. The van der Waals surface area contributed by atoms with Gasteiger partial charge in [0, 0.05) is 0 Å². The maximum atomic E-state index is 10.2. The van der Waals surface area contributed by atoms with Crippen LogP contribution in [0.4, 0.5) is 0 Å². The van der Waals surface area contributed by atoms with Crippen LogP contribution >= 0.6 is 0 Å². The maximum Gasteiger partial charge on any atom is 0.141 e. The summed E-state index contributed by atoms with van der Waals surface area (Å²) in [6.45, 7) is 0. The number of benzene rings is 1. The van der Waals surface area contributed by atoms with Gasteiger partial charge >= 0.3 is 0 Å². The summed E-state index contributed by atoms with van der Waals surface area (Å²) in [5.41, 5.74) is 2.20. The molecule has 0 saturated carbocycles. The van der Waals surface area contributed by atoms with Gasteiger partial charge in [0.2, 0.25) is 0 Å². The Bertz CT molecular complexity index is 596. The minimum Gasteiger partial charge on any atom is -0.376 e. The Balaban J connectivity index is 2.22. The predicted molar refractivity (Wildman–Crippen MR) is 79.5 cm³/mol. The van der Waals surface area contributed by atoms with E-state index >= 15 is 0 Å². The average Bonchev–Trinajstić information content (AvgIpc) is 2.52. The molecule has 1 aliphatic rings. The lowest BCUT2D eigenvalue weighted by Gasteiger charge is -2.13. The smallest absolute Gasteiger partial charge is 0.141 e. The lowest BCUT2D eigenvalue weighted by Crippen LogP contribution is -2.04. The number of allylic oxidation sites excluding steroid dienone is 2. The molecule has 0 aliphatic heterocycles. The molecule has 1 aromatic rings. The highest BCUT2D eigenvalue weighted by Gasteiger charge is 2.14. The molecule has 0 heterocycles. The number of aliphatic hydroxyl groups excluding tert-OH is 2. The Morgan fingerprint density at radius 3 is 2.35 bits per heavy atom. The number of hydrogen-bond donors (Lipinski definition) is 2. The van der Waals surface area contributed by atoms with Crippen molar-refractivity contribution in [2.75, 3.05) is 0 Å². The largest absolute Gasteiger partial charge is 0.376 e. The van der Waals surface area contributed by atoms with Gasteiger partial charge in [0.15, 0.2) is 0 Å². The lowest BCUT2D eigenvalue weighted by atomic mass is 9.97. The molecule has 0 aromatic heterocycles. The van der Waals surface area contributed by atoms with Gasteiger partial charge in [-0.25, -0.2) is 0 Å². The van der Waals surface area contributed by atoms with Crippen LogP contribution in [0.2, 0.25) is 0 Å². The summed E-state index contributed by atoms with van der Waals surface area (Å²) in [5.74, 6) is 8.14. The Morgan fingerprint density at radius 1 is 1.05 bits per heavy atom. The summed E-state index contributed by atoms with van der Waals surface area (Å²) in [4.78, 5) is 0. The van der Waals surface area contributed by atoms with Crippen molar-refractivity contribution >= 4 is 0 Å². The molecule has 0 bridgehead atoms. The van der Waals surface area contributed by atoms with Crippen LogP contribution in [0.3, 0.4) is 0 Å². The molecule has 0 amide bonds. The van der Waals surface area contributed by atoms with Crippen molar-refractivity contribution in [3.05, 3.63) is 47.0 Å². The minimum absolute atomic E-state index is 0.537. The van der Waals surface area contributed by atoms with Crippen LogP contribution in [-0.4, -0.2) is 10.2 Å². The van der Waals surface area contributed by atoms with Crippen LogP contribution in [0.25, 0.3) is 0 Å². The molecular weight excluding hydrogens is 248 g/mol. The predicted octanol–water partition coefficient (Wildman–Crippen LogP) is 2.89. The summed E-state index contributed by atoms with van der Waals surface area (Å²) in [6, 6.07) is 7.03. The zero-order valence-electron chi connectivity index (χ0n) is 11.3.